The van der Waals surface area contributed by atoms with Gasteiger partial charge in [-0.2, -0.15) is 0 Å². The molecule has 0 aliphatic carbocycles. The maximum Gasteiger partial charge on any atom is 0.321 e. The summed E-state index contributed by atoms with van der Waals surface area (Å²) in [6, 6.07) is 17.7. The molecule has 7 nitrogen and oxygen atoms in total. The van der Waals surface area contributed by atoms with Gasteiger partial charge in [-0.3, -0.25) is 0 Å². The van der Waals surface area contributed by atoms with E-state index >= 15 is 0 Å². The average Bonchev–Trinajstić information content (AvgIpc) is 3.08. The van der Waals surface area contributed by atoms with Crippen LogP contribution in [0.3, 0.4) is 0 Å². The van der Waals surface area contributed by atoms with Crippen molar-refractivity contribution in [2.24, 2.45) is 0 Å². The van der Waals surface area contributed by atoms with Crippen LogP contribution in [-0.2, 0) is 6.42 Å². The molecule has 0 saturated carbocycles. The summed E-state index contributed by atoms with van der Waals surface area (Å²) < 4.78 is 5.19. The summed E-state index contributed by atoms with van der Waals surface area (Å²) in [5.74, 6) is 2.53. The van der Waals surface area contributed by atoms with Gasteiger partial charge in [0.05, 0.1) is 7.11 Å². The Labute approximate surface area is 195 Å². The Kier molecular flexibility index (Phi) is 7.07. The Morgan fingerprint density at radius 2 is 1.73 bits per heavy atom. The number of carbonyl (C=O) groups is 1. The third-order valence-corrected chi connectivity index (χ3v) is 5.95. The van der Waals surface area contributed by atoms with Crippen LogP contribution in [0.1, 0.15) is 29.1 Å². The third-order valence-electron chi connectivity index (χ3n) is 5.95. The van der Waals surface area contributed by atoms with Crippen LogP contribution >= 0.6 is 0 Å². The smallest absolute Gasteiger partial charge is 0.321 e. The number of ether oxygens (including phenoxy) is 1. The van der Waals surface area contributed by atoms with Crippen LogP contribution in [0.25, 0.3) is 0 Å². The van der Waals surface area contributed by atoms with Gasteiger partial charge in [-0.1, -0.05) is 30.3 Å². The van der Waals surface area contributed by atoms with E-state index in [1.807, 2.05) is 42.2 Å². The minimum atomic E-state index is -0.0819. The van der Waals surface area contributed by atoms with E-state index < -0.39 is 0 Å². The van der Waals surface area contributed by atoms with Crippen molar-refractivity contribution in [1.29, 1.82) is 0 Å². The summed E-state index contributed by atoms with van der Waals surface area (Å²) in [4.78, 5) is 26.5. The molecule has 4 rings (SSSR count). The molecule has 1 aliphatic rings. The lowest BCUT2D eigenvalue weighted by atomic mass is 10.0. The van der Waals surface area contributed by atoms with Gasteiger partial charge in [-0.05, 0) is 50.1 Å². The number of aryl methyl sites for hydroxylation is 2. The highest BCUT2D eigenvalue weighted by molar-refractivity contribution is 5.89. The van der Waals surface area contributed by atoms with E-state index in [1.54, 1.807) is 7.11 Å². The summed E-state index contributed by atoms with van der Waals surface area (Å²) >= 11 is 0. The molecule has 172 valence electrons. The summed E-state index contributed by atoms with van der Waals surface area (Å²) in [7, 11) is 1.63. The minimum Gasteiger partial charge on any atom is -0.497 e. The first-order chi connectivity index (χ1) is 16.0. The summed E-state index contributed by atoms with van der Waals surface area (Å²) in [6.07, 6.45) is 1.67. The highest BCUT2D eigenvalue weighted by atomic mass is 16.5. The molecular weight excluding hydrogens is 414 g/mol. The van der Waals surface area contributed by atoms with Crippen molar-refractivity contribution in [3.63, 3.8) is 0 Å². The molecule has 1 aliphatic heterocycles. The Hall–Kier alpha value is -3.61. The first-order valence-corrected chi connectivity index (χ1v) is 11.4. The molecule has 3 aromatic rings. The van der Waals surface area contributed by atoms with Crippen molar-refractivity contribution in [2.45, 2.75) is 26.7 Å². The van der Waals surface area contributed by atoms with Crippen LogP contribution in [0.4, 0.5) is 16.3 Å². The van der Waals surface area contributed by atoms with Crippen LogP contribution < -0.4 is 15.0 Å². The Bertz CT molecular complexity index is 1090. The van der Waals surface area contributed by atoms with Crippen molar-refractivity contribution in [3.8, 4) is 5.75 Å². The van der Waals surface area contributed by atoms with Gasteiger partial charge in [0.15, 0.2) is 0 Å². The summed E-state index contributed by atoms with van der Waals surface area (Å²) in [5.41, 5.74) is 4.17. The molecule has 0 spiro atoms. The van der Waals surface area contributed by atoms with Crippen molar-refractivity contribution < 1.29 is 9.53 Å². The van der Waals surface area contributed by atoms with Gasteiger partial charge in [0.25, 0.3) is 0 Å². The lowest BCUT2D eigenvalue weighted by Gasteiger charge is -2.26. The van der Waals surface area contributed by atoms with Gasteiger partial charge in [0, 0.05) is 49.5 Å². The van der Waals surface area contributed by atoms with Crippen molar-refractivity contribution in [2.75, 3.05) is 43.5 Å². The second kappa shape index (κ2) is 10.3. The molecule has 1 N–H and O–H groups in total. The number of amides is 2. The van der Waals surface area contributed by atoms with E-state index in [1.165, 1.54) is 5.56 Å². The lowest BCUT2D eigenvalue weighted by molar-refractivity contribution is 0.215. The number of carbonyl (C=O) groups excluding carboxylic acids is 1. The standard InChI is InChI=1S/C26H31N5O2/c1-19-24(18-21-8-5-4-6-9-21)25(28-20(2)27-19)30-14-7-15-31(17-16-30)26(32)29-22-10-12-23(33-3)13-11-22/h4-6,8-13H,7,14-18H2,1-3H3,(H,29,32). The normalized spacial score (nSPS) is 14.0. The number of rotatable bonds is 5. The molecule has 2 amide bonds. The van der Waals surface area contributed by atoms with Gasteiger partial charge >= 0.3 is 6.03 Å². The molecular formula is C26H31N5O2. The fourth-order valence-corrected chi connectivity index (χ4v) is 4.20. The number of nitrogens with zero attached hydrogens (tertiary/aromatic N) is 4. The number of hydrogen-bond acceptors (Lipinski definition) is 5. The van der Waals surface area contributed by atoms with E-state index in [9.17, 15) is 4.79 Å². The molecule has 2 heterocycles. The molecule has 2 aromatic carbocycles. The van der Waals surface area contributed by atoms with Gasteiger partial charge in [0.1, 0.15) is 17.4 Å². The highest BCUT2D eigenvalue weighted by Gasteiger charge is 2.23. The zero-order valence-corrected chi connectivity index (χ0v) is 19.5. The number of anilines is 2. The fraction of sp³-hybridized carbons (Fsp3) is 0.346. The van der Waals surface area contributed by atoms with E-state index in [-0.39, 0.29) is 6.03 Å². The number of aromatic nitrogens is 2. The Morgan fingerprint density at radius 1 is 0.970 bits per heavy atom. The number of urea groups is 1. The average molecular weight is 446 g/mol. The zero-order valence-electron chi connectivity index (χ0n) is 19.5. The predicted octanol–water partition coefficient (Wildman–Crippen LogP) is 4.44. The molecule has 1 saturated heterocycles. The van der Waals surface area contributed by atoms with Crippen LogP contribution in [0.2, 0.25) is 0 Å². The van der Waals surface area contributed by atoms with Crippen LogP contribution in [0.15, 0.2) is 54.6 Å². The van der Waals surface area contributed by atoms with Crippen LogP contribution in [0.5, 0.6) is 5.75 Å². The van der Waals surface area contributed by atoms with Crippen LogP contribution in [0, 0.1) is 13.8 Å². The largest absolute Gasteiger partial charge is 0.497 e. The van der Waals surface area contributed by atoms with Crippen LogP contribution in [-0.4, -0.2) is 54.2 Å². The second-order valence-corrected chi connectivity index (χ2v) is 8.31. The number of nitrogens with one attached hydrogen (secondary N) is 1. The number of methoxy groups -OCH3 is 1. The lowest BCUT2D eigenvalue weighted by Crippen LogP contribution is -2.38. The minimum absolute atomic E-state index is 0.0819. The van der Waals surface area contributed by atoms with Crippen molar-refractivity contribution in [3.05, 3.63) is 77.2 Å². The SMILES string of the molecule is COc1ccc(NC(=O)N2CCCN(c3nc(C)nc(C)c3Cc3ccccc3)CC2)cc1. The molecule has 0 unspecified atom stereocenters. The van der Waals surface area contributed by atoms with Gasteiger partial charge in [-0.25, -0.2) is 14.8 Å². The topological polar surface area (TPSA) is 70.6 Å². The van der Waals surface area contributed by atoms with Crippen molar-refractivity contribution in [1.82, 2.24) is 14.9 Å². The summed E-state index contributed by atoms with van der Waals surface area (Å²) in [5, 5.41) is 2.99. The van der Waals surface area contributed by atoms with Gasteiger partial charge < -0.3 is 19.9 Å². The fourth-order valence-electron chi connectivity index (χ4n) is 4.20. The van der Waals surface area contributed by atoms with E-state index in [2.05, 4.69) is 46.4 Å². The molecule has 0 bridgehead atoms. The first-order valence-electron chi connectivity index (χ1n) is 11.4. The van der Waals surface area contributed by atoms with Crippen molar-refractivity contribution >= 4 is 17.5 Å². The molecule has 33 heavy (non-hydrogen) atoms. The van der Waals surface area contributed by atoms with Gasteiger partial charge in [-0.15, -0.1) is 0 Å². The van der Waals surface area contributed by atoms with E-state index in [4.69, 9.17) is 9.72 Å². The number of hydrogen-bond donors (Lipinski definition) is 1. The molecule has 7 heteroatoms. The highest BCUT2D eigenvalue weighted by Crippen LogP contribution is 2.25. The third kappa shape index (κ3) is 5.61. The zero-order chi connectivity index (χ0) is 23.2. The molecule has 0 atom stereocenters. The molecule has 0 radical (unpaired) electrons. The van der Waals surface area contributed by atoms with E-state index in [0.717, 1.165) is 60.3 Å². The Morgan fingerprint density at radius 3 is 2.45 bits per heavy atom. The molecule has 1 fully saturated rings. The first kappa shape index (κ1) is 22.6. The number of benzene rings is 2. The maximum absolute atomic E-state index is 12.9. The second-order valence-electron chi connectivity index (χ2n) is 8.31. The Balaban J connectivity index is 1.47. The predicted molar refractivity (Wildman–Crippen MR) is 131 cm³/mol. The monoisotopic (exact) mass is 445 g/mol. The van der Waals surface area contributed by atoms with Gasteiger partial charge in [0.2, 0.25) is 0 Å². The molecule has 1 aromatic heterocycles. The van der Waals surface area contributed by atoms with E-state index in [0.29, 0.717) is 13.1 Å². The quantitative estimate of drug-likeness (QED) is 0.629. The maximum atomic E-state index is 12.9. The summed E-state index contributed by atoms with van der Waals surface area (Å²) in [6.45, 7) is 6.92.